The molecule has 0 atom stereocenters. The van der Waals surface area contributed by atoms with Crippen molar-refractivity contribution >= 4 is 60.3 Å². The van der Waals surface area contributed by atoms with Gasteiger partial charge in [-0.05, 0) is 52.1 Å². The Kier molecular flexibility index (Phi) is 9.49. The first kappa shape index (κ1) is 37.0. The maximum atomic E-state index is 9.52. The molecule has 0 saturated heterocycles. The highest BCUT2D eigenvalue weighted by Gasteiger charge is 2.24. The minimum atomic E-state index is 0.458. The predicted octanol–water partition coefficient (Wildman–Crippen LogP) is 14.6. The monoisotopic (exact) mass is 810 g/mol. The lowest BCUT2D eigenvalue weighted by atomic mass is 9.88. The Morgan fingerprint density at radius 2 is 1.00 bits per heavy atom. The molecular weight excluding hydrogens is 773 g/mol. The van der Waals surface area contributed by atoms with Crippen molar-refractivity contribution in [3.63, 3.8) is 0 Å². The van der Waals surface area contributed by atoms with Gasteiger partial charge in [-0.3, -0.25) is 5.41 Å². The molecule has 5 heteroatoms. The number of benzene rings is 8. The third kappa shape index (κ3) is 6.90. The average Bonchev–Trinajstić information content (AvgIpc) is 3.74. The normalized spacial score (nSPS) is 13.0. The van der Waals surface area contributed by atoms with Crippen LogP contribution < -0.4 is 5.32 Å². The van der Waals surface area contributed by atoms with Crippen molar-refractivity contribution in [3.05, 3.63) is 240 Å². The topological polar surface area (TPSA) is 61.7 Å². The molecule has 1 aliphatic rings. The van der Waals surface area contributed by atoms with Crippen molar-refractivity contribution in [3.8, 4) is 45.0 Å². The van der Waals surface area contributed by atoms with Crippen LogP contribution in [-0.4, -0.2) is 15.7 Å². The molecule has 0 radical (unpaired) electrons. The van der Waals surface area contributed by atoms with Gasteiger partial charge in [-0.2, -0.15) is 0 Å². The second kappa shape index (κ2) is 15.9. The summed E-state index contributed by atoms with van der Waals surface area (Å²) >= 11 is 1.84. The molecule has 2 aromatic heterocycles. The van der Waals surface area contributed by atoms with Gasteiger partial charge in [0.1, 0.15) is 0 Å². The summed E-state index contributed by atoms with van der Waals surface area (Å²) in [6, 6.07) is 73.5. The summed E-state index contributed by atoms with van der Waals surface area (Å²) in [5.41, 5.74) is 15.3. The molecule has 0 bridgehead atoms. The molecule has 0 aliphatic carbocycles. The van der Waals surface area contributed by atoms with Crippen LogP contribution in [-0.2, 0) is 0 Å². The number of hydrogen-bond acceptors (Lipinski definition) is 5. The summed E-state index contributed by atoms with van der Waals surface area (Å²) in [4.78, 5) is 10.3. The molecule has 0 fully saturated rings. The van der Waals surface area contributed by atoms with E-state index in [9.17, 15) is 5.41 Å². The second-order valence-corrected chi connectivity index (χ2v) is 16.5. The molecule has 0 saturated carbocycles. The lowest BCUT2D eigenvalue weighted by Crippen LogP contribution is -2.20. The smallest absolute Gasteiger partial charge is 0.160 e. The Labute approximate surface area is 364 Å². The Hall–Kier alpha value is -7.99. The van der Waals surface area contributed by atoms with E-state index in [2.05, 4.69) is 157 Å². The maximum absolute atomic E-state index is 9.52. The van der Waals surface area contributed by atoms with Crippen molar-refractivity contribution in [1.29, 1.82) is 5.41 Å². The number of rotatable bonds is 8. The molecule has 3 heterocycles. The van der Waals surface area contributed by atoms with E-state index in [-0.39, 0.29) is 0 Å². The fraction of sp³-hybridized carbons (Fsp3) is 0. The predicted molar refractivity (Wildman–Crippen MR) is 261 cm³/mol. The molecule has 10 aromatic rings. The Morgan fingerprint density at radius 3 is 1.74 bits per heavy atom. The second-order valence-electron chi connectivity index (χ2n) is 15.4. The zero-order valence-electron chi connectivity index (χ0n) is 33.6. The SMILES string of the molecule is N=C(/C(=C1\NC(c2ccc(-c3nc(-c4ccccc4)cc(-c4ccc(-c5cccc6sc7ccccc7c56)cc4)n3)cc2)=Cc2ccccc21)c1ccccc1)c1ccccc1. The van der Waals surface area contributed by atoms with E-state index in [1.54, 1.807) is 0 Å². The van der Waals surface area contributed by atoms with Gasteiger partial charge in [-0.15, -0.1) is 11.3 Å². The molecule has 8 aromatic carbocycles. The molecule has 1 aliphatic heterocycles. The summed E-state index contributed by atoms with van der Waals surface area (Å²) in [5.74, 6) is 0.658. The van der Waals surface area contributed by atoms with Gasteiger partial charge in [0, 0.05) is 59.3 Å². The van der Waals surface area contributed by atoms with Gasteiger partial charge >= 0.3 is 0 Å². The van der Waals surface area contributed by atoms with E-state index >= 15 is 0 Å². The summed E-state index contributed by atoms with van der Waals surface area (Å²) in [6.45, 7) is 0. The van der Waals surface area contributed by atoms with Crippen molar-refractivity contribution < 1.29 is 0 Å². The first-order chi connectivity index (χ1) is 30.6. The van der Waals surface area contributed by atoms with Gasteiger partial charge in [0.05, 0.1) is 22.8 Å². The summed E-state index contributed by atoms with van der Waals surface area (Å²) in [5, 5.41) is 15.9. The summed E-state index contributed by atoms with van der Waals surface area (Å²) in [6.07, 6.45) is 2.19. The Balaban J connectivity index is 0.967. The van der Waals surface area contributed by atoms with Gasteiger partial charge in [0.25, 0.3) is 0 Å². The summed E-state index contributed by atoms with van der Waals surface area (Å²) in [7, 11) is 0. The molecule has 0 unspecified atom stereocenters. The average molecular weight is 811 g/mol. The van der Waals surface area contributed by atoms with E-state index in [1.807, 2.05) is 78.1 Å². The number of fused-ring (bicyclic) bond motifs is 4. The molecule has 11 rings (SSSR count). The van der Waals surface area contributed by atoms with E-state index in [0.29, 0.717) is 11.5 Å². The van der Waals surface area contributed by atoms with Crippen LogP contribution in [0.2, 0.25) is 0 Å². The van der Waals surface area contributed by atoms with E-state index in [4.69, 9.17) is 9.97 Å². The van der Waals surface area contributed by atoms with Crippen LogP contribution in [0.5, 0.6) is 0 Å². The van der Waals surface area contributed by atoms with Crippen LogP contribution in [0, 0.1) is 5.41 Å². The number of nitrogens with zero attached hydrogens (tertiary/aromatic N) is 2. The third-order valence-electron chi connectivity index (χ3n) is 11.6. The highest BCUT2D eigenvalue weighted by atomic mass is 32.1. The highest BCUT2D eigenvalue weighted by molar-refractivity contribution is 7.25. The van der Waals surface area contributed by atoms with Crippen molar-refractivity contribution in [2.75, 3.05) is 0 Å². The zero-order chi connectivity index (χ0) is 41.4. The van der Waals surface area contributed by atoms with Crippen LogP contribution in [0.1, 0.15) is 27.8 Å². The first-order valence-electron chi connectivity index (χ1n) is 20.7. The van der Waals surface area contributed by atoms with Gasteiger partial charge in [-0.1, -0.05) is 194 Å². The van der Waals surface area contributed by atoms with Crippen LogP contribution >= 0.6 is 11.3 Å². The molecular formula is C57H38N4S. The molecule has 0 spiro atoms. The number of allylic oxidation sites excluding steroid dienone is 1. The number of nitrogens with one attached hydrogen (secondary N) is 2. The largest absolute Gasteiger partial charge is 0.354 e. The van der Waals surface area contributed by atoms with Crippen molar-refractivity contribution in [1.82, 2.24) is 15.3 Å². The number of aromatic nitrogens is 2. The molecule has 0 amide bonds. The fourth-order valence-electron chi connectivity index (χ4n) is 8.48. The van der Waals surface area contributed by atoms with Crippen LogP contribution in [0.4, 0.5) is 0 Å². The van der Waals surface area contributed by atoms with E-state index in [0.717, 1.165) is 72.9 Å². The minimum Gasteiger partial charge on any atom is -0.354 e. The van der Waals surface area contributed by atoms with Gasteiger partial charge < -0.3 is 5.32 Å². The summed E-state index contributed by atoms with van der Waals surface area (Å²) < 4.78 is 2.60. The molecule has 2 N–H and O–H groups in total. The first-order valence-corrected chi connectivity index (χ1v) is 21.5. The van der Waals surface area contributed by atoms with Crippen LogP contribution in [0.25, 0.3) is 88.2 Å². The van der Waals surface area contributed by atoms with Crippen LogP contribution in [0.15, 0.2) is 212 Å². The Bertz CT molecular complexity index is 3350. The van der Waals surface area contributed by atoms with Gasteiger partial charge in [-0.25, -0.2) is 9.97 Å². The quantitative estimate of drug-likeness (QED) is 0.150. The van der Waals surface area contributed by atoms with E-state index in [1.165, 1.54) is 31.3 Å². The maximum Gasteiger partial charge on any atom is 0.160 e. The molecule has 62 heavy (non-hydrogen) atoms. The fourth-order valence-corrected chi connectivity index (χ4v) is 9.61. The molecule has 292 valence electrons. The van der Waals surface area contributed by atoms with Crippen molar-refractivity contribution in [2.24, 2.45) is 0 Å². The highest BCUT2D eigenvalue weighted by Crippen LogP contribution is 2.41. The van der Waals surface area contributed by atoms with Gasteiger partial charge in [0.2, 0.25) is 0 Å². The number of hydrogen-bond donors (Lipinski definition) is 2. The van der Waals surface area contributed by atoms with Crippen LogP contribution in [0.3, 0.4) is 0 Å². The Morgan fingerprint density at radius 1 is 0.452 bits per heavy atom. The lowest BCUT2D eigenvalue weighted by molar-refractivity contribution is 1.18. The molecule has 4 nitrogen and oxygen atoms in total. The number of thiophene rings is 1. The van der Waals surface area contributed by atoms with E-state index < -0.39 is 0 Å². The van der Waals surface area contributed by atoms with Crippen molar-refractivity contribution in [2.45, 2.75) is 0 Å². The minimum absolute atomic E-state index is 0.458. The van der Waals surface area contributed by atoms with Gasteiger partial charge in [0.15, 0.2) is 5.82 Å². The zero-order valence-corrected chi connectivity index (χ0v) is 34.4. The lowest BCUT2D eigenvalue weighted by Gasteiger charge is -2.26. The standard InChI is InChI=1S/C57H38N4S/c58-55(42-19-8-3-9-20-42)53(41-17-6-2-7-18-41)56-46-22-11-10-21-44(46)35-48(59-56)39-31-33-43(34-32-39)57-60-49(38-15-4-1-5-16-38)36-50(61-57)40-29-27-37(28-30-40)45-24-14-26-52-54(45)47-23-12-13-25-51(47)62-52/h1-36,58-59H/b56-53-,58-55?. The third-order valence-corrected chi connectivity index (χ3v) is 12.7.